The van der Waals surface area contributed by atoms with Gasteiger partial charge in [-0.3, -0.25) is 9.69 Å². The van der Waals surface area contributed by atoms with Gasteiger partial charge < -0.3 is 0 Å². The molecule has 7 nitrogen and oxygen atoms in total. The van der Waals surface area contributed by atoms with Crippen LogP contribution in [0.4, 0.5) is 5.95 Å². The van der Waals surface area contributed by atoms with Crippen molar-refractivity contribution in [3.8, 4) is 0 Å². The van der Waals surface area contributed by atoms with Crippen molar-refractivity contribution in [1.82, 2.24) is 14.3 Å². The number of anilines is 1. The molecular formula is C19H24N4O3S. The average Bonchev–Trinajstić information content (AvgIpc) is 2.67. The predicted octanol–water partition coefficient (Wildman–Crippen LogP) is 2.16. The summed E-state index contributed by atoms with van der Waals surface area (Å²) in [7, 11) is -1.90. The molecule has 0 saturated carbocycles. The lowest BCUT2D eigenvalue weighted by Gasteiger charge is -2.32. The van der Waals surface area contributed by atoms with E-state index in [2.05, 4.69) is 9.97 Å². The molecule has 1 aliphatic rings. The molecule has 3 rings (SSSR count). The molecule has 1 aliphatic heterocycles. The normalized spacial score (nSPS) is 16.3. The van der Waals surface area contributed by atoms with Crippen LogP contribution in [0.5, 0.6) is 0 Å². The van der Waals surface area contributed by atoms with Crippen LogP contribution in [-0.2, 0) is 14.8 Å². The molecule has 0 radical (unpaired) electrons. The Morgan fingerprint density at radius 3 is 2.37 bits per heavy atom. The van der Waals surface area contributed by atoms with Gasteiger partial charge in [-0.15, -0.1) is 0 Å². The van der Waals surface area contributed by atoms with E-state index in [9.17, 15) is 13.2 Å². The van der Waals surface area contributed by atoms with Gasteiger partial charge in [0.05, 0.1) is 4.90 Å². The Labute approximate surface area is 160 Å². The van der Waals surface area contributed by atoms with Crippen LogP contribution >= 0.6 is 0 Å². The lowest BCUT2D eigenvalue weighted by Crippen LogP contribution is -2.44. The molecule has 2 heterocycles. The Morgan fingerprint density at radius 2 is 1.78 bits per heavy atom. The largest absolute Gasteiger partial charge is 0.284 e. The highest BCUT2D eigenvalue weighted by Gasteiger charge is 2.34. The SMILES string of the molecule is Cc1ccc(S(=O)(=O)N2CCC(C(=O)N(C)c3ncccn3)CC2)c(C)c1. The van der Waals surface area contributed by atoms with E-state index in [1.165, 1.54) is 9.21 Å². The molecule has 2 aromatic rings. The van der Waals surface area contributed by atoms with Crippen LogP contribution in [0, 0.1) is 19.8 Å². The highest BCUT2D eigenvalue weighted by Crippen LogP contribution is 2.27. The molecule has 0 spiro atoms. The van der Waals surface area contributed by atoms with E-state index < -0.39 is 10.0 Å². The first-order valence-electron chi connectivity index (χ1n) is 8.92. The Morgan fingerprint density at radius 1 is 1.15 bits per heavy atom. The highest BCUT2D eigenvalue weighted by molar-refractivity contribution is 7.89. The molecule has 1 amide bonds. The second kappa shape index (κ2) is 7.74. The molecule has 1 aromatic carbocycles. The van der Waals surface area contributed by atoms with E-state index in [0.717, 1.165) is 11.1 Å². The van der Waals surface area contributed by atoms with Crippen LogP contribution in [0.2, 0.25) is 0 Å². The number of carbonyl (C=O) groups excluding carboxylic acids is 1. The van der Waals surface area contributed by atoms with E-state index in [0.29, 0.717) is 36.8 Å². The van der Waals surface area contributed by atoms with Gasteiger partial charge in [0.2, 0.25) is 21.9 Å². The molecule has 1 aromatic heterocycles. The van der Waals surface area contributed by atoms with Crippen molar-refractivity contribution in [3.05, 3.63) is 47.8 Å². The van der Waals surface area contributed by atoms with Gasteiger partial charge in [0.1, 0.15) is 0 Å². The quantitative estimate of drug-likeness (QED) is 0.801. The molecule has 0 N–H and O–H groups in total. The maximum absolute atomic E-state index is 13.0. The zero-order valence-corrected chi connectivity index (χ0v) is 16.6. The zero-order chi connectivity index (χ0) is 19.6. The van der Waals surface area contributed by atoms with Crippen molar-refractivity contribution in [3.63, 3.8) is 0 Å². The minimum absolute atomic E-state index is 0.0789. The van der Waals surface area contributed by atoms with Crippen LogP contribution < -0.4 is 4.90 Å². The first-order valence-corrected chi connectivity index (χ1v) is 10.4. The molecule has 144 valence electrons. The molecule has 0 atom stereocenters. The standard InChI is InChI=1S/C19H24N4O3S/c1-14-5-6-17(15(2)13-14)27(25,26)23-11-7-16(8-12-23)18(24)22(3)19-20-9-4-10-21-19/h4-6,9-10,13,16H,7-8,11-12H2,1-3H3. The van der Waals surface area contributed by atoms with E-state index in [-0.39, 0.29) is 11.8 Å². The number of amides is 1. The maximum atomic E-state index is 13.0. The van der Waals surface area contributed by atoms with Crippen molar-refractivity contribution in [2.24, 2.45) is 5.92 Å². The molecule has 27 heavy (non-hydrogen) atoms. The minimum Gasteiger partial charge on any atom is -0.284 e. The highest BCUT2D eigenvalue weighted by atomic mass is 32.2. The number of carbonyl (C=O) groups is 1. The molecule has 1 fully saturated rings. The van der Waals surface area contributed by atoms with E-state index in [1.807, 2.05) is 26.0 Å². The summed E-state index contributed by atoms with van der Waals surface area (Å²) in [5.74, 6) is 0.0435. The lowest BCUT2D eigenvalue weighted by atomic mass is 9.97. The number of aryl methyl sites for hydroxylation is 2. The first kappa shape index (κ1) is 19.4. The van der Waals surface area contributed by atoms with Gasteiger partial charge in [-0.1, -0.05) is 17.7 Å². The zero-order valence-electron chi connectivity index (χ0n) is 15.8. The van der Waals surface area contributed by atoms with Gasteiger partial charge in [0, 0.05) is 38.4 Å². The molecule has 1 saturated heterocycles. The van der Waals surface area contributed by atoms with Gasteiger partial charge in [-0.25, -0.2) is 18.4 Å². The third kappa shape index (κ3) is 4.01. The van der Waals surface area contributed by atoms with Gasteiger partial charge in [-0.2, -0.15) is 4.31 Å². The maximum Gasteiger partial charge on any atom is 0.243 e. The number of piperidine rings is 1. The van der Waals surface area contributed by atoms with Crippen molar-refractivity contribution >= 4 is 21.9 Å². The van der Waals surface area contributed by atoms with Gasteiger partial charge in [0.15, 0.2) is 0 Å². The van der Waals surface area contributed by atoms with Crippen molar-refractivity contribution < 1.29 is 13.2 Å². The van der Waals surface area contributed by atoms with Gasteiger partial charge in [0.25, 0.3) is 0 Å². The molecular weight excluding hydrogens is 364 g/mol. The van der Waals surface area contributed by atoms with Crippen LogP contribution in [0.1, 0.15) is 24.0 Å². The van der Waals surface area contributed by atoms with Crippen LogP contribution in [0.3, 0.4) is 0 Å². The lowest BCUT2D eigenvalue weighted by molar-refractivity contribution is -0.123. The van der Waals surface area contributed by atoms with Crippen LogP contribution in [-0.4, -0.2) is 48.7 Å². The number of aromatic nitrogens is 2. The van der Waals surface area contributed by atoms with Crippen LogP contribution in [0.25, 0.3) is 0 Å². The monoisotopic (exact) mass is 388 g/mol. The molecule has 8 heteroatoms. The summed E-state index contributed by atoms with van der Waals surface area (Å²) in [6.45, 7) is 4.41. The Balaban J connectivity index is 1.68. The van der Waals surface area contributed by atoms with Crippen molar-refractivity contribution in [2.45, 2.75) is 31.6 Å². The number of nitrogens with zero attached hydrogens (tertiary/aromatic N) is 4. The summed E-state index contributed by atoms with van der Waals surface area (Å²) >= 11 is 0. The fourth-order valence-corrected chi connectivity index (χ4v) is 5.08. The smallest absolute Gasteiger partial charge is 0.243 e. The summed E-state index contributed by atoms with van der Waals surface area (Å²) in [6.07, 6.45) is 4.15. The second-order valence-corrected chi connectivity index (χ2v) is 8.80. The first-order chi connectivity index (χ1) is 12.8. The summed E-state index contributed by atoms with van der Waals surface area (Å²) in [5.41, 5.74) is 1.77. The number of rotatable bonds is 4. The second-order valence-electron chi connectivity index (χ2n) is 6.89. The third-order valence-corrected chi connectivity index (χ3v) is 6.99. The number of sulfonamides is 1. The fourth-order valence-electron chi connectivity index (χ4n) is 3.41. The third-order valence-electron chi connectivity index (χ3n) is 4.93. The average molecular weight is 388 g/mol. The molecule has 0 aliphatic carbocycles. The van der Waals surface area contributed by atoms with E-state index in [1.54, 1.807) is 31.6 Å². The van der Waals surface area contributed by atoms with Gasteiger partial charge >= 0.3 is 0 Å². The van der Waals surface area contributed by atoms with E-state index >= 15 is 0 Å². The summed E-state index contributed by atoms with van der Waals surface area (Å²) in [5, 5.41) is 0. The summed E-state index contributed by atoms with van der Waals surface area (Å²) in [6, 6.07) is 7.04. The Hall–Kier alpha value is -2.32. The molecule has 0 bridgehead atoms. The number of hydrogen-bond acceptors (Lipinski definition) is 5. The summed E-state index contributed by atoms with van der Waals surface area (Å²) in [4.78, 5) is 22.7. The Kier molecular flexibility index (Phi) is 5.57. The van der Waals surface area contributed by atoms with Crippen molar-refractivity contribution in [2.75, 3.05) is 25.0 Å². The topological polar surface area (TPSA) is 83.5 Å². The Bertz CT molecular complexity index is 923. The van der Waals surface area contributed by atoms with E-state index in [4.69, 9.17) is 0 Å². The van der Waals surface area contributed by atoms with Crippen LogP contribution in [0.15, 0.2) is 41.6 Å². The fraction of sp³-hybridized carbons (Fsp3) is 0.421. The number of hydrogen-bond donors (Lipinski definition) is 0. The molecule has 0 unspecified atom stereocenters. The summed E-state index contributed by atoms with van der Waals surface area (Å²) < 4.78 is 27.4. The number of benzene rings is 1. The predicted molar refractivity (Wildman–Crippen MR) is 103 cm³/mol. The minimum atomic E-state index is -3.55. The van der Waals surface area contributed by atoms with Gasteiger partial charge in [-0.05, 0) is 44.4 Å². The van der Waals surface area contributed by atoms with Crippen molar-refractivity contribution in [1.29, 1.82) is 0 Å².